The number of rotatable bonds is 5. The van der Waals surface area contributed by atoms with E-state index in [1.165, 1.54) is 6.07 Å². The molecule has 0 aromatic carbocycles. The molecular formula is C10H12ClNO4S2. The molecule has 0 unspecified atom stereocenters. The number of carbonyl (C=O) groups is 1. The first kappa shape index (κ1) is 13.8. The molecule has 0 bridgehead atoms. The maximum Gasteiger partial charge on any atom is 0.303 e. The fraction of sp³-hybridized carbons (Fsp3) is 0.500. The van der Waals surface area contributed by atoms with E-state index in [-0.39, 0.29) is 27.6 Å². The molecule has 0 atom stereocenters. The van der Waals surface area contributed by atoms with Gasteiger partial charge in [0.25, 0.3) is 0 Å². The summed E-state index contributed by atoms with van der Waals surface area (Å²) in [4.78, 5) is 10.6. The van der Waals surface area contributed by atoms with E-state index in [1.807, 2.05) is 0 Å². The number of halogens is 1. The molecule has 100 valence electrons. The van der Waals surface area contributed by atoms with Gasteiger partial charge in [-0.15, -0.1) is 11.3 Å². The first-order valence-electron chi connectivity index (χ1n) is 5.35. The number of hydrogen-bond acceptors (Lipinski definition) is 4. The number of nitrogens with one attached hydrogen (secondary N) is 1. The molecule has 1 aromatic rings. The lowest BCUT2D eigenvalue weighted by molar-refractivity contribution is -0.138. The van der Waals surface area contributed by atoms with Crippen LogP contribution in [0.5, 0.6) is 0 Å². The number of aliphatic carboxylic acids is 1. The molecule has 1 fully saturated rings. The van der Waals surface area contributed by atoms with Crippen LogP contribution >= 0.6 is 22.9 Å². The van der Waals surface area contributed by atoms with Crippen molar-refractivity contribution in [2.75, 3.05) is 0 Å². The summed E-state index contributed by atoms with van der Waals surface area (Å²) in [5.74, 6) is -0.782. The van der Waals surface area contributed by atoms with Crippen LogP contribution in [0, 0.1) is 5.92 Å². The van der Waals surface area contributed by atoms with Crippen molar-refractivity contribution in [3.8, 4) is 0 Å². The van der Waals surface area contributed by atoms with Crippen LogP contribution in [0.15, 0.2) is 16.3 Å². The third-order valence-electron chi connectivity index (χ3n) is 2.89. The molecular weight excluding hydrogens is 298 g/mol. The second-order valence-corrected chi connectivity index (χ2v) is 7.51. The summed E-state index contributed by atoms with van der Waals surface area (Å²) in [6.07, 6.45) is 1.22. The molecule has 1 saturated carbocycles. The van der Waals surface area contributed by atoms with Gasteiger partial charge in [-0.2, -0.15) is 0 Å². The zero-order chi connectivity index (χ0) is 13.3. The van der Waals surface area contributed by atoms with E-state index in [2.05, 4.69) is 4.72 Å². The highest BCUT2D eigenvalue weighted by Gasteiger charge is 2.34. The molecule has 1 aromatic heterocycles. The summed E-state index contributed by atoms with van der Waals surface area (Å²) in [6, 6.07) is 1.28. The van der Waals surface area contributed by atoms with Crippen molar-refractivity contribution in [3.05, 3.63) is 15.8 Å². The van der Waals surface area contributed by atoms with E-state index in [0.717, 1.165) is 11.3 Å². The number of carboxylic acids is 1. The van der Waals surface area contributed by atoms with E-state index >= 15 is 0 Å². The SMILES string of the molecule is O=C(O)CC1CC(NS(=O)(=O)c2ccsc2Cl)C1. The molecule has 0 amide bonds. The van der Waals surface area contributed by atoms with Gasteiger partial charge < -0.3 is 5.11 Å². The number of hydrogen-bond donors (Lipinski definition) is 2. The van der Waals surface area contributed by atoms with Crippen LogP contribution in [0.1, 0.15) is 19.3 Å². The standard InChI is InChI=1S/C10H12ClNO4S2/c11-10-8(1-2-17-10)18(15,16)12-7-3-6(4-7)5-9(13)14/h1-2,6-7,12H,3-5H2,(H,13,14). The van der Waals surface area contributed by atoms with E-state index in [9.17, 15) is 13.2 Å². The average molecular weight is 310 g/mol. The Bertz CT molecular complexity index is 548. The van der Waals surface area contributed by atoms with Gasteiger partial charge in [0.2, 0.25) is 10.0 Å². The van der Waals surface area contributed by atoms with Crippen molar-refractivity contribution in [1.82, 2.24) is 4.72 Å². The topological polar surface area (TPSA) is 83.5 Å². The highest BCUT2D eigenvalue weighted by atomic mass is 35.5. The third kappa shape index (κ3) is 3.03. The van der Waals surface area contributed by atoms with E-state index in [1.54, 1.807) is 5.38 Å². The summed E-state index contributed by atoms with van der Waals surface area (Å²) in [7, 11) is -3.58. The lowest BCUT2D eigenvalue weighted by Crippen LogP contribution is -2.44. The maximum absolute atomic E-state index is 11.9. The van der Waals surface area contributed by atoms with Gasteiger partial charge in [-0.05, 0) is 30.2 Å². The largest absolute Gasteiger partial charge is 0.481 e. The second-order valence-electron chi connectivity index (χ2n) is 4.31. The Balaban J connectivity index is 1.92. The summed E-state index contributed by atoms with van der Waals surface area (Å²) in [5, 5.41) is 10.2. The minimum atomic E-state index is -3.58. The molecule has 1 heterocycles. The van der Waals surface area contributed by atoms with Crippen molar-refractivity contribution >= 4 is 38.9 Å². The first-order valence-corrected chi connectivity index (χ1v) is 8.09. The molecule has 0 spiro atoms. The normalized spacial score (nSPS) is 23.6. The quantitative estimate of drug-likeness (QED) is 0.870. The van der Waals surface area contributed by atoms with Crippen molar-refractivity contribution in [2.24, 2.45) is 5.92 Å². The lowest BCUT2D eigenvalue weighted by Gasteiger charge is -2.34. The van der Waals surface area contributed by atoms with Crippen LogP contribution in [0.2, 0.25) is 4.34 Å². The predicted octanol–water partition coefficient (Wildman–Crippen LogP) is 1.93. The van der Waals surface area contributed by atoms with Crippen molar-refractivity contribution in [1.29, 1.82) is 0 Å². The van der Waals surface area contributed by atoms with Crippen LogP contribution in [0.3, 0.4) is 0 Å². The fourth-order valence-electron chi connectivity index (χ4n) is 2.00. The second kappa shape index (κ2) is 5.16. The zero-order valence-corrected chi connectivity index (χ0v) is 11.7. The smallest absolute Gasteiger partial charge is 0.303 e. The first-order chi connectivity index (χ1) is 8.38. The zero-order valence-electron chi connectivity index (χ0n) is 9.30. The summed E-state index contributed by atoms with van der Waals surface area (Å²) in [5.41, 5.74) is 0. The molecule has 18 heavy (non-hydrogen) atoms. The molecule has 0 saturated heterocycles. The molecule has 1 aliphatic rings. The van der Waals surface area contributed by atoms with Crippen LogP contribution in [-0.4, -0.2) is 25.5 Å². The third-order valence-corrected chi connectivity index (χ3v) is 5.87. The molecule has 1 aliphatic carbocycles. The molecule has 8 heteroatoms. The molecule has 5 nitrogen and oxygen atoms in total. The summed E-state index contributed by atoms with van der Waals surface area (Å²) in [6.45, 7) is 0. The van der Waals surface area contributed by atoms with E-state index in [0.29, 0.717) is 12.8 Å². The van der Waals surface area contributed by atoms with Gasteiger partial charge in [-0.3, -0.25) is 4.79 Å². The van der Waals surface area contributed by atoms with Gasteiger partial charge in [0.1, 0.15) is 9.23 Å². The monoisotopic (exact) mass is 309 g/mol. The highest BCUT2D eigenvalue weighted by molar-refractivity contribution is 7.89. The average Bonchev–Trinajstić information content (AvgIpc) is 2.61. The van der Waals surface area contributed by atoms with Crippen LogP contribution in [-0.2, 0) is 14.8 Å². The maximum atomic E-state index is 11.9. The van der Waals surface area contributed by atoms with Crippen molar-refractivity contribution in [2.45, 2.75) is 30.2 Å². The molecule has 0 radical (unpaired) electrons. The molecule has 0 aliphatic heterocycles. The summed E-state index contributed by atoms with van der Waals surface area (Å²) >= 11 is 6.95. The minimum absolute atomic E-state index is 0.0631. The number of thiophene rings is 1. The van der Waals surface area contributed by atoms with Gasteiger partial charge in [0, 0.05) is 12.5 Å². The van der Waals surface area contributed by atoms with Crippen molar-refractivity contribution in [3.63, 3.8) is 0 Å². The van der Waals surface area contributed by atoms with E-state index in [4.69, 9.17) is 16.7 Å². The number of sulfonamides is 1. The molecule has 2 N–H and O–H groups in total. The Labute approximate surface area is 114 Å². The lowest BCUT2D eigenvalue weighted by atomic mass is 9.79. The van der Waals surface area contributed by atoms with Gasteiger partial charge in [0.15, 0.2) is 0 Å². The predicted molar refractivity (Wildman–Crippen MR) is 68.4 cm³/mol. The van der Waals surface area contributed by atoms with Crippen LogP contribution < -0.4 is 4.72 Å². The van der Waals surface area contributed by atoms with Gasteiger partial charge in [-0.25, -0.2) is 13.1 Å². The van der Waals surface area contributed by atoms with Gasteiger partial charge in [0.05, 0.1) is 0 Å². The van der Waals surface area contributed by atoms with Gasteiger partial charge >= 0.3 is 5.97 Å². The molecule has 2 rings (SSSR count). The van der Waals surface area contributed by atoms with Crippen LogP contribution in [0.4, 0.5) is 0 Å². The Hall–Kier alpha value is -0.630. The van der Waals surface area contributed by atoms with E-state index < -0.39 is 16.0 Å². The van der Waals surface area contributed by atoms with Crippen LogP contribution in [0.25, 0.3) is 0 Å². The fourth-order valence-corrected chi connectivity index (χ4v) is 4.81. The Morgan fingerprint density at radius 3 is 2.72 bits per heavy atom. The van der Waals surface area contributed by atoms with Gasteiger partial charge in [-0.1, -0.05) is 11.6 Å². The minimum Gasteiger partial charge on any atom is -0.481 e. The summed E-state index contributed by atoms with van der Waals surface area (Å²) < 4.78 is 26.7. The highest BCUT2D eigenvalue weighted by Crippen LogP contribution is 2.33. The van der Waals surface area contributed by atoms with Crippen molar-refractivity contribution < 1.29 is 18.3 Å². The Kier molecular flexibility index (Phi) is 3.96. The number of carboxylic acid groups (broad SMARTS) is 1. The Morgan fingerprint density at radius 1 is 1.56 bits per heavy atom. The Morgan fingerprint density at radius 2 is 2.22 bits per heavy atom.